The van der Waals surface area contributed by atoms with Gasteiger partial charge in [0.15, 0.2) is 0 Å². The molecule has 2 fully saturated rings. The van der Waals surface area contributed by atoms with Crippen molar-refractivity contribution in [3.63, 3.8) is 0 Å². The SMILES string of the molecule is Cc1ccc(C(C)CCN2CCC(CCC(=O)N3CCCC3)CC2)o1. The highest BCUT2D eigenvalue weighted by molar-refractivity contribution is 5.76. The Morgan fingerprint density at radius 1 is 1.20 bits per heavy atom. The quantitative estimate of drug-likeness (QED) is 0.742. The Hall–Kier alpha value is -1.29. The van der Waals surface area contributed by atoms with Crippen LogP contribution in [0.3, 0.4) is 0 Å². The van der Waals surface area contributed by atoms with Crippen LogP contribution in [0.1, 0.15) is 69.3 Å². The topological polar surface area (TPSA) is 36.7 Å². The summed E-state index contributed by atoms with van der Waals surface area (Å²) in [6.45, 7) is 9.78. The van der Waals surface area contributed by atoms with Crippen molar-refractivity contribution in [1.82, 2.24) is 9.80 Å². The molecule has 1 aromatic rings. The van der Waals surface area contributed by atoms with E-state index < -0.39 is 0 Å². The van der Waals surface area contributed by atoms with Gasteiger partial charge in [-0.3, -0.25) is 4.79 Å². The lowest BCUT2D eigenvalue weighted by atomic mass is 9.91. The lowest BCUT2D eigenvalue weighted by Gasteiger charge is -2.32. The van der Waals surface area contributed by atoms with Gasteiger partial charge in [-0.2, -0.15) is 0 Å². The summed E-state index contributed by atoms with van der Waals surface area (Å²) in [6, 6.07) is 4.17. The lowest BCUT2D eigenvalue weighted by Crippen LogP contribution is -2.35. The largest absolute Gasteiger partial charge is 0.466 e. The number of carbonyl (C=O) groups excluding carboxylic acids is 1. The first-order chi connectivity index (χ1) is 12.1. The maximum absolute atomic E-state index is 12.2. The molecule has 0 saturated carbocycles. The zero-order valence-electron chi connectivity index (χ0n) is 16.0. The fourth-order valence-electron chi connectivity index (χ4n) is 4.19. The van der Waals surface area contributed by atoms with Crippen molar-refractivity contribution in [3.8, 4) is 0 Å². The van der Waals surface area contributed by atoms with E-state index in [1.54, 1.807) is 0 Å². The van der Waals surface area contributed by atoms with E-state index in [1.807, 2.05) is 6.92 Å². The maximum atomic E-state index is 12.2. The molecule has 1 atom stereocenters. The maximum Gasteiger partial charge on any atom is 0.222 e. The summed E-state index contributed by atoms with van der Waals surface area (Å²) in [5.74, 6) is 3.75. The second-order valence-corrected chi connectivity index (χ2v) is 8.05. The molecule has 2 aliphatic rings. The highest BCUT2D eigenvalue weighted by Crippen LogP contribution is 2.25. The Labute approximate surface area is 152 Å². The van der Waals surface area contributed by atoms with Crippen LogP contribution in [0, 0.1) is 12.8 Å². The Balaban J connectivity index is 1.31. The van der Waals surface area contributed by atoms with Crippen molar-refractivity contribution in [2.75, 3.05) is 32.7 Å². The molecule has 4 heteroatoms. The first-order valence-electron chi connectivity index (χ1n) is 10.2. The summed E-state index contributed by atoms with van der Waals surface area (Å²) in [5, 5.41) is 0. The van der Waals surface area contributed by atoms with Crippen molar-refractivity contribution < 1.29 is 9.21 Å². The van der Waals surface area contributed by atoms with E-state index in [9.17, 15) is 4.79 Å². The van der Waals surface area contributed by atoms with Gasteiger partial charge in [0.2, 0.25) is 5.91 Å². The van der Waals surface area contributed by atoms with Crippen LogP contribution in [0.4, 0.5) is 0 Å². The zero-order chi connectivity index (χ0) is 17.6. The zero-order valence-corrected chi connectivity index (χ0v) is 16.0. The normalized spacial score (nSPS) is 21.0. The Kier molecular flexibility index (Phi) is 6.57. The number of likely N-dealkylation sites (tertiary alicyclic amines) is 2. The summed E-state index contributed by atoms with van der Waals surface area (Å²) in [7, 11) is 0. The molecule has 3 heterocycles. The average molecular weight is 347 g/mol. The molecular weight excluding hydrogens is 312 g/mol. The van der Waals surface area contributed by atoms with Crippen LogP contribution in [0.5, 0.6) is 0 Å². The molecular formula is C21H34N2O2. The first kappa shape index (κ1) is 18.5. The van der Waals surface area contributed by atoms with Gasteiger partial charge in [-0.1, -0.05) is 6.92 Å². The van der Waals surface area contributed by atoms with Crippen LogP contribution in [0.2, 0.25) is 0 Å². The first-order valence-corrected chi connectivity index (χ1v) is 10.2. The minimum absolute atomic E-state index is 0.391. The van der Waals surface area contributed by atoms with E-state index in [0.29, 0.717) is 11.8 Å². The number of amides is 1. The minimum atomic E-state index is 0.391. The predicted octanol–water partition coefficient (Wildman–Crippen LogP) is 4.20. The van der Waals surface area contributed by atoms with Gasteiger partial charge < -0.3 is 14.2 Å². The molecule has 0 spiro atoms. The molecule has 0 radical (unpaired) electrons. The predicted molar refractivity (Wildman–Crippen MR) is 101 cm³/mol. The van der Waals surface area contributed by atoms with Gasteiger partial charge in [-0.25, -0.2) is 0 Å². The molecule has 0 N–H and O–H groups in total. The van der Waals surface area contributed by atoms with E-state index in [2.05, 4.69) is 28.9 Å². The molecule has 25 heavy (non-hydrogen) atoms. The molecule has 140 valence electrons. The lowest BCUT2D eigenvalue weighted by molar-refractivity contribution is -0.130. The third-order valence-corrected chi connectivity index (χ3v) is 6.06. The fourth-order valence-corrected chi connectivity index (χ4v) is 4.19. The van der Waals surface area contributed by atoms with Gasteiger partial charge >= 0.3 is 0 Å². The molecule has 0 bridgehead atoms. The molecule has 0 aromatic carbocycles. The number of hydrogen-bond donors (Lipinski definition) is 0. The Morgan fingerprint density at radius 2 is 1.92 bits per heavy atom. The van der Waals surface area contributed by atoms with E-state index in [4.69, 9.17) is 4.42 Å². The van der Waals surface area contributed by atoms with Crippen molar-refractivity contribution in [2.24, 2.45) is 5.92 Å². The van der Waals surface area contributed by atoms with Gasteiger partial charge in [0.25, 0.3) is 0 Å². The Bertz CT molecular complexity index is 540. The van der Waals surface area contributed by atoms with E-state index >= 15 is 0 Å². The molecule has 0 aliphatic carbocycles. The molecule has 1 aromatic heterocycles. The number of furan rings is 1. The molecule has 3 rings (SSSR count). The van der Waals surface area contributed by atoms with Gasteiger partial charge in [0, 0.05) is 25.4 Å². The van der Waals surface area contributed by atoms with Crippen molar-refractivity contribution in [3.05, 3.63) is 23.7 Å². The number of nitrogens with zero attached hydrogens (tertiary/aromatic N) is 2. The number of hydrogen-bond acceptors (Lipinski definition) is 3. The van der Waals surface area contributed by atoms with Crippen LogP contribution in [-0.2, 0) is 4.79 Å². The van der Waals surface area contributed by atoms with E-state index in [0.717, 1.165) is 56.3 Å². The van der Waals surface area contributed by atoms with Crippen LogP contribution in [0.15, 0.2) is 16.5 Å². The second-order valence-electron chi connectivity index (χ2n) is 8.05. The van der Waals surface area contributed by atoms with Gasteiger partial charge in [-0.15, -0.1) is 0 Å². The molecule has 2 aliphatic heterocycles. The van der Waals surface area contributed by atoms with E-state index in [1.165, 1.54) is 38.8 Å². The van der Waals surface area contributed by atoms with Crippen molar-refractivity contribution in [1.29, 1.82) is 0 Å². The average Bonchev–Trinajstić information content (AvgIpc) is 3.30. The summed E-state index contributed by atoms with van der Waals surface area (Å²) in [4.78, 5) is 16.8. The number of carbonyl (C=O) groups is 1. The summed E-state index contributed by atoms with van der Waals surface area (Å²) in [6.07, 6.45) is 7.90. The number of piperidine rings is 1. The summed E-state index contributed by atoms with van der Waals surface area (Å²) in [5.41, 5.74) is 0. The minimum Gasteiger partial charge on any atom is -0.466 e. The highest BCUT2D eigenvalue weighted by atomic mass is 16.3. The van der Waals surface area contributed by atoms with Gasteiger partial charge in [-0.05, 0) is 83.1 Å². The number of aryl methyl sites for hydroxylation is 1. The Morgan fingerprint density at radius 3 is 2.56 bits per heavy atom. The molecule has 1 amide bonds. The van der Waals surface area contributed by atoms with Crippen LogP contribution < -0.4 is 0 Å². The van der Waals surface area contributed by atoms with Crippen LogP contribution >= 0.6 is 0 Å². The van der Waals surface area contributed by atoms with E-state index in [-0.39, 0.29) is 0 Å². The standard InChI is InChI=1S/C21H34N2O2/c1-17(20-7-5-18(2)25-20)9-14-22-15-10-19(11-16-22)6-8-21(24)23-12-3-4-13-23/h5,7,17,19H,3-4,6,8-16H2,1-2H3. The molecule has 1 unspecified atom stereocenters. The van der Waals surface area contributed by atoms with Crippen LogP contribution in [0.25, 0.3) is 0 Å². The third-order valence-electron chi connectivity index (χ3n) is 6.06. The second kappa shape index (κ2) is 8.88. The third kappa shape index (κ3) is 5.34. The van der Waals surface area contributed by atoms with Crippen molar-refractivity contribution >= 4 is 5.91 Å². The summed E-state index contributed by atoms with van der Waals surface area (Å²) >= 11 is 0. The van der Waals surface area contributed by atoms with Gasteiger partial charge in [0.05, 0.1) is 0 Å². The number of rotatable bonds is 7. The summed E-state index contributed by atoms with van der Waals surface area (Å²) < 4.78 is 5.74. The van der Waals surface area contributed by atoms with Crippen LogP contribution in [-0.4, -0.2) is 48.4 Å². The smallest absolute Gasteiger partial charge is 0.222 e. The monoisotopic (exact) mass is 346 g/mol. The fraction of sp³-hybridized carbons (Fsp3) is 0.762. The molecule has 4 nitrogen and oxygen atoms in total. The van der Waals surface area contributed by atoms with Gasteiger partial charge in [0.1, 0.15) is 11.5 Å². The van der Waals surface area contributed by atoms with Crippen molar-refractivity contribution in [2.45, 2.75) is 64.7 Å². The highest BCUT2D eigenvalue weighted by Gasteiger charge is 2.23. The molecule has 2 saturated heterocycles.